The van der Waals surface area contributed by atoms with E-state index in [0.717, 1.165) is 28.2 Å². The van der Waals surface area contributed by atoms with Gasteiger partial charge in [0, 0.05) is 0 Å². The second-order valence-electron chi connectivity index (χ2n) is 4.46. The van der Waals surface area contributed by atoms with Crippen molar-refractivity contribution in [1.29, 1.82) is 0 Å². The second-order valence-corrected chi connectivity index (χ2v) is 4.46. The summed E-state index contributed by atoms with van der Waals surface area (Å²) in [6, 6.07) is 7.91. The normalized spacial score (nSPS) is 10.4. The average Bonchev–Trinajstić information content (AvgIpc) is 2.64. The lowest BCUT2D eigenvalue weighted by molar-refractivity contribution is -0.115. The smallest absolute Gasteiger partial charge is 0.228 e. The SMILES string of the molecule is Cc1ccccc1CC(=O)Nc1c(C)n[nH]c1C. The number of nitrogens with one attached hydrogen (secondary N) is 2. The van der Waals surface area contributed by atoms with E-state index >= 15 is 0 Å². The second kappa shape index (κ2) is 5.04. The largest absolute Gasteiger partial charge is 0.323 e. The highest BCUT2D eigenvalue weighted by Gasteiger charge is 2.11. The molecule has 1 aromatic heterocycles. The zero-order valence-corrected chi connectivity index (χ0v) is 10.9. The van der Waals surface area contributed by atoms with Gasteiger partial charge >= 0.3 is 0 Å². The van der Waals surface area contributed by atoms with Gasteiger partial charge in [-0.15, -0.1) is 0 Å². The van der Waals surface area contributed by atoms with E-state index in [1.807, 2.05) is 45.0 Å². The molecule has 0 bridgehead atoms. The highest BCUT2D eigenvalue weighted by atomic mass is 16.1. The number of hydrogen-bond donors (Lipinski definition) is 2. The van der Waals surface area contributed by atoms with Crippen LogP contribution in [-0.4, -0.2) is 16.1 Å². The van der Waals surface area contributed by atoms with E-state index in [-0.39, 0.29) is 5.91 Å². The molecule has 4 nitrogen and oxygen atoms in total. The van der Waals surface area contributed by atoms with Gasteiger partial charge in [0.1, 0.15) is 0 Å². The fourth-order valence-electron chi connectivity index (χ4n) is 1.90. The first-order valence-electron chi connectivity index (χ1n) is 5.94. The Kier molecular flexibility index (Phi) is 3.46. The van der Waals surface area contributed by atoms with Crippen molar-refractivity contribution in [3.05, 3.63) is 46.8 Å². The molecule has 1 heterocycles. The van der Waals surface area contributed by atoms with Gasteiger partial charge in [-0.05, 0) is 31.9 Å². The fourth-order valence-corrected chi connectivity index (χ4v) is 1.90. The average molecular weight is 243 g/mol. The molecule has 94 valence electrons. The number of H-pyrrole nitrogens is 1. The van der Waals surface area contributed by atoms with Crippen molar-refractivity contribution in [3.8, 4) is 0 Å². The molecule has 0 atom stereocenters. The number of carbonyl (C=O) groups is 1. The summed E-state index contributed by atoms with van der Waals surface area (Å²) in [6.45, 7) is 5.77. The van der Waals surface area contributed by atoms with Crippen LogP contribution in [0.3, 0.4) is 0 Å². The molecule has 4 heteroatoms. The van der Waals surface area contributed by atoms with Crippen LogP contribution in [0.5, 0.6) is 0 Å². The lowest BCUT2D eigenvalue weighted by Gasteiger charge is -2.07. The first-order valence-corrected chi connectivity index (χ1v) is 5.94. The summed E-state index contributed by atoms with van der Waals surface area (Å²) in [6.07, 6.45) is 0.386. The van der Waals surface area contributed by atoms with Crippen molar-refractivity contribution in [1.82, 2.24) is 10.2 Å². The molecule has 0 aliphatic heterocycles. The van der Waals surface area contributed by atoms with Crippen molar-refractivity contribution in [2.45, 2.75) is 27.2 Å². The Morgan fingerprint density at radius 2 is 2.00 bits per heavy atom. The maximum absolute atomic E-state index is 12.0. The van der Waals surface area contributed by atoms with Crippen molar-refractivity contribution in [2.75, 3.05) is 5.32 Å². The quantitative estimate of drug-likeness (QED) is 0.870. The number of nitrogens with zero attached hydrogens (tertiary/aromatic N) is 1. The topological polar surface area (TPSA) is 57.8 Å². The van der Waals surface area contributed by atoms with E-state index in [2.05, 4.69) is 15.5 Å². The van der Waals surface area contributed by atoms with Crippen molar-refractivity contribution in [3.63, 3.8) is 0 Å². The number of hydrogen-bond acceptors (Lipinski definition) is 2. The predicted octanol–water partition coefficient (Wildman–Crippen LogP) is 2.52. The summed E-state index contributed by atoms with van der Waals surface area (Å²) in [4.78, 5) is 12.0. The van der Waals surface area contributed by atoms with Crippen LogP contribution in [-0.2, 0) is 11.2 Å². The fraction of sp³-hybridized carbons (Fsp3) is 0.286. The van der Waals surface area contributed by atoms with Gasteiger partial charge in [-0.2, -0.15) is 5.10 Å². The number of rotatable bonds is 3. The number of aryl methyl sites for hydroxylation is 3. The lowest BCUT2D eigenvalue weighted by Crippen LogP contribution is -2.15. The Bertz CT molecular complexity index is 553. The summed E-state index contributed by atoms with van der Waals surface area (Å²) in [5.41, 5.74) is 4.66. The highest BCUT2D eigenvalue weighted by Crippen LogP contribution is 2.17. The number of benzene rings is 1. The molecule has 1 aromatic carbocycles. The molecule has 2 aromatic rings. The summed E-state index contributed by atoms with van der Waals surface area (Å²) in [7, 11) is 0. The number of aromatic amines is 1. The zero-order valence-electron chi connectivity index (χ0n) is 10.9. The molecule has 0 spiro atoms. The Balaban J connectivity index is 2.08. The van der Waals surface area contributed by atoms with Crippen molar-refractivity contribution < 1.29 is 4.79 Å². The molecule has 0 fully saturated rings. The molecule has 2 N–H and O–H groups in total. The van der Waals surface area contributed by atoms with Gasteiger partial charge < -0.3 is 5.32 Å². The first kappa shape index (κ1) is 12.4. The van der Waals surface area contributed by atoms with E-state index < -0.39 is 0 Å². The van der Waals surface area contributed by atoms with Crippen LogP contribution in [0.2, 0.25) is 0 Å². The third-order valence-electron chi connectivity index (χ3n) is 3.00. The van der Waals surface area contributed by atoms with Gasteiger partial charge in [0.05, 0.1) is 23.5 Å². The van der Waals surface area contributed by atoms with Crippen LogP contribution in [0.15, 0.2) is 24.3 Å². The minimum absolute atomic E-state index is 0.0168. The molecule has 1 amide bonds. The van der Waals surface area contributed by atoms with E-state index in [4.69, 9.17) is 0 Å². The molecule has 0 aliphatic carbocycles. The van der Waals surface area contributed by atoms with Crippen LogP contribution in [0.1, 0.15) is 22.5 Å². The molecule has 0 saturated heterocycles. The van der Waals surface area contributed by atoms with Crippen LogP contribution in [0.25, 0.3) is 0 Å². The summed E-state index contributed by atoms with van der Waals surface area (Å²) < 4.78 is 0. The molecule has 0 unspecified atom stereocenters. The molecular formula is C14H17N3O. The lowest BCUT2D eigenvalue weighted by atomic mass is 10.1. The van der Waals surface area contributed by atoms with Gasteiger partial charge in [0.15, 0.2) is 0 Å². The Hall–Kier alpha value is -2.10. The van der Waals surface area contributed by atoms with Gasteiger partial charge in [-0.25, -0.2) is 0 Å². The number of anilines is 1. The van der Waals surface area contributed by atoms with Crippen LogP contribution in [0, 0.1) is 20.8 Å². The van der Waals surface area contributed by atoms with E-state index in [1.165, 1.54) is 0 Å². The standard InChI is InChI=1S/C14H17N3O/c1-9-6-4-5-7-12(9)8-13(18)15-14-10(2)16-17-11(14)3/h4-7H,8H2,1-3H3,(H,15,18)(H,16,17). The van der Waals surface area contributed by atoms with Gasteiger partial charge in [0.25, 0.3) is 0 Å². The monoisotopic (exact) mass is 243 g/mol. The minimum Gasteiger partial charge on any atom is -0.323 e. The molecule has 0 aliphatic rings. The Morgan fingerprint density at radius 1 is 1.28 bits per heavy atom. The van der Waals surface area contributed by atoms with Crippen LogP contribution < -0.4 is 5.32 Å². The molecular weight excluding hydrogens is 226 g/mol. The number of carbonyl (C=O) groups excluding carboxylic acids is 1. The predicted molar refractivity (Wildman–Crippen MR) is 71.6 cm³/mol. The van der Waals surface area contributed by atoms with Crippen molar-refractivity contribution >= 4 is 11.6 Å². The summed E-state index contributed by atoms with van der Waals surface area (Å²) in [5, 5.41) is 9.81. The third-order valence-corrected chi connectivity index (χ3v) is 3.00. The number of aromatic nitrogens is 2. The van der Waals surface area contributed by atoms with Crippen molar-refractivity contribution in [2.24, 2.45) is 0 Å². The summed E-state index contributed by atoms with van der Waals surface area (Å²) >= 11 is 0. The number of amides is 1. The maximum Gasteiger partial charge on any atom is 0.228 e. The van der Waals surface area contributed by atoms with Gasteiger partial charge in [0.2, 0.25) is 5.91 Å². The van der Waals surface area contributed by atoms with Crippen LogP contribution >= 0.6 is 0 Å². The molecule has 0 radical (unpaired) electrons. The zero-order chi connectivity index (χ0) is 13.1. The Morgan fingerprint density at radius 3 is 2.61 bits per heavy atom. The maximum atomic E-state index is 12.0. The van der Waals surface area contributed by atoms with Crippen LogP contribution in [0.4, 0.5) is 5.69 Å². The Labute approximate surface area is 106 Å². The molecule has 0 saturated carbocycles. The van der Waals surface area contributed by atoms with Gasteiger partial charge in [-0.1, -0.05) is 24.3 Å². The highest BCUT2D eigenvalue weighted by molar-refractivity contribution is 5.93. The van der Waals surface area contributed by atoms with E-state index in [0.29, 0.717) is 6.42 Å². The van der Waals surface area contributed by atoms with Gasteiger partial charge in [-0.3, -0.25) is 9.89 Å². The third kappa shape index (κ3) is 2.59. The minimum atomic E-state index is -0.0168. The van der Waals surface area contributed by atoms with E-state index in [9.17, 15) is 4.79 Å². The molecule has 18 heavy (non-hydrogen) atoms. The van der Waals surface area contributed by atoms with E-state index in [1.54, 1.807) is 0 Å². The summed E-state index contributed by atoms with van der Waals surface area (Å²) in [5.74, 6) is -0.0168. The molecule has 2 rings (SSSR count). The first-order chi connectivity index (χ1) is 8.58.